The first-order valence-corrected chi connectivity index (χ1v) is 11.5. The molecule has 0 aliphatic heterocycles. The van der Waals surface area contributed by atoms with Crippen LogP contribution in [0.3, 0.4) is 0 Å². The fourth-order valence-corrected chi connectivity index (χ4v) is 4.32. The fraction of sp³-hybridized carbons (Fsp3) is 0.360. The molecule has 0 amide bonds. The summed E-state index contributed by atoms with van der Waals surface area (Å²) in [6.45, 7) is 5.49. The average molecular weight is 485 g/mol. The van der Waals surface area contributed by atoms with Crippen LogP contribution in [-0.2, 0) is 25.7 Å². The molecule has 2 heterocycles. The zero-order valence-corrected chi connectivity index (χ0v) is 19.8. The predicted octanol–water partition coefficient (Wildman–Crippen LogP) is 5.17. The summed E-state index contributed by atoms with van der Waals surface area (Å²) in [6.07, 6.45) is -3.93. The number of aromatic nitrogens is 6. The number of H-pyrrole nitrogens is 1. The summed E-state index contributed by atoms with van der Waals surface area (Å²) in [4.78, 5) is 13.1. The molecule has 0 aliphatic carbocycles. The van der Waals surface area contributed by atoms with Crippen molar-refractivity contribution in [2.45, 2.75) is 52.9 Å². The van der Waals surface area contributed by atoms with Crippen molar-refractivity contribution in [2.75, 3.05) is 0 Å². The van der Waals surface area contributed by atoms with Gasteiger partial charge in [-0.05, 0) is 34.2 Å². The van der Waals surface area contributed by atoms with E-state index in [9.17, 15) is 18.0 Å². The van der Waals surface area contributed by atoms with Crippen molar-refractivity contribution in [3.8, 4) is 22.5 Å². The quantitative estimate of drug-likeness (QED) is 0.374. The van der Waals surface area contributed by atoms with Gasteiger partial charge in [-0.2, -0.15) is 18.4 Å². The lowest BCUT2D eigenvalue weighted by atomic mass is 9.98. The Labute approximate surface area is 200 Å². The van der Waals surface area contributed by atoms with Gasteiger partial charge in [0.1, 0.15) is 5.69 Å². The summed E-state index contributed by atoms with van der Waals surface area (Å²) in [7, 11) is 0. The fourth-order valence-electron chi connectivity index (χ4n) is 4.32. The van der Waals surface area contributed by atoms with Gasteiger partial charge in [0.2, 0.25) is 5.82 Å². The van der Waals surface area contributed by atoms with E-state index >= 15 is 0 Å². The first-order chi connectivity index (χ1) is 16.7. The van der Waals surface area contributed by atoms with Gasteiger partial charge in [0.05, 0.1) is 12.2 Å². The Balaban J connectivity index is 1.72. The van der Waals surface area contributed by atoms with E-state index in [4.69, 9.17) is 0 Å². The molecule has 184 valence electrons. The van der Waals surface area contributed by atoms with Crippen LogP contribution in [0.25, 0.3) is 22.5 Å². The van der Waals surface area contributed by atoms with E-state index in [-0.39, 0.29) is 31.1 Å². The zero-order valence-electron chi connectivity index (χ0n) is 19.8. The molecule has 10 heteroatoms. The number of imidazole rings is 1. The number of nitrogens with one attached hydrogen (secondary N) is 1. The lowest BCUT2D eigenvalue weighted by Crippen LogP contribution is -2.28. The van der Waals surface area contributed by atoms with Gasteiger partial charge in [0.15, 0.2) is 0 Å². The smallest absolute Gasteiger partial charge is 0.291 e. The maximum absolute atomic E-state index is 14.0. The van der Waals surface area contributed by atoms with Crippen molar-refractivity contribution < 1.29 is 13.2 Å². The number of aromatic amines is 1. The molecular weight excluding hydrogens is 457 g/mol. The van der Waals surface area contributed by atoms with Crippen LogP contribution < -0.4 is 5.69 Å². The Bertz CT molecular complexity index is 1340. The lowest BCUT2D eigenvalue weighted by molar-refractivity contribution is -0.144. The number of tetrazole rings is 1. The van der Waals surface area contributed by atoms with Crippen LogP contribution in [0.5, 0.6) is 0 Å². The molecule has 0 saturated carbocycles. The molecule has 0 unspecified atom stereocenters. The minimum atomic E-state index is -4.60. The summed E-state index contributed by atoms with van der Waals surface area (Å²) in [5.74, 6) is 0.365. The summed E-state index contributed by atoms with van der Waals surface area (Å²) in [6, 6.07) is 15.0. The largest absolute Gasteiger partial charge is 0.433 e. The Morgan fingerprint density at radius 1 is 1.00 bits per heavy atom. The zero-order chi connectivity index (χ0) is 25.2. The average Bonchev–Trinajstić information content (AvgIpc) is 3.43. The SMILES string of the molecule is CCCc1c(C(F)(F)F)n(CC(C)C)c(=O)n1Cc1ccc(-c2ccccc2-c2nn[nH]n2)cc1. The number of alkyl halides is 3. The van der Waals surface area contributed by atoms with Crippen LogP contribution in [0.1, 0.15) is 44.1 Å². The maximum atomic E-state index is 14.0. The van der Waals surface area contributed by atoms with Gasteiger partial charge < -0.3 is 0 Å². The van der Waals surface area contributed by atoms with Gasteiger partial charge >= 0.3 is 11.9 Å². The molecule has 0 spiro atoms. The van der Waals surface area contributed by atoms with E-state index in [1.54, 1.807) is 13.8 Å². The van der Waals surface area contributed by atoms with Crippen LogP contribution in [-0.4, -0.2) is 29.8 Å². The molecule has 2 aromatic heterocycles. The van der Waals surface area contributed by atoms with E-state index in [2.05, 4.69) is 20.6 Å². The third-order valence-electron chi connectivity index (χ3n) is 5.75. The number of hydrogen-bond acceptors (Lipinski definition) is 4. The highest BCUT2D eigenvalue weighted by Gasteiger charge is 2.40. The molecule has 4 rings (SSSR count). The minimum Gasteiger partial charge on any atom is -0.291 e. The summed E-state index contributed by atoms with van der Waals surface area (Å²) < 4.78 is 44.2. The van der Waals surface area contributed by atoms with Gasteiger partial charge in [-0.25, -0.2) is 4.79 Å². The van der Waals surface area contributed by atoms with Crippen molar-refractivity contribution in [1.29, 1.82) is 0 Å². The van der Waals surface area contributed by atoms with Crippen LogP contribution in [0.4, 0.5) is 13.2 Å². The van der Waals surface area contributed by atoms with E-state index in [1.807, 2.05) is 55.5 Å². The first-order valence-electron chi connectivity index (χ1n) is 11.5. The van der Waals surface area contributed by atoms with Gasteiger partial charge in [-0.15, -0.1) is 10.2 Å². The Kier molecular flexibility index (Phi) is 6.90. The van der Waals surface area contributed by atoms with E-state index < -0.39 is 17.6 Å². The van der Waals surface area contributed by atoms with E-state index in [0.717, 1.165) is 26.8 Å². The standard InChI is InChI=1S/C25H27F3N6O/c1-4-7-21-22(25(26,27)28)34(14-16(2)3)24(35)33(21)15-17-10-12-18(13-11-17)19-8-5-6-9-20(19)23-29-31-32-30-23/h5-6,8-13,16H,4,7,14-15H2,1-3H3,(H,29,30,31,32). The van der Waals surface area contributed by atoms with Crippen molar-refractivity contribution in [3.63, 3.8) is 0 Å². The summed E-state index contributed by atoms with van der Waals surface area (Å²) in [5.41, 5.74) is 1.91. The number of rotatable bonds is 8. The number of hydrogen-bond donors (Lipinski definition) is 1. The monoisotopic (exact) mass is 484 g/mol. The minimum absolute atomic E-state index is 0.0171. The van der Waals surface area contributed by atoms with Crippen LogP contribution in [0.2, 0.25) is 0 Å². The van der Waals surface area contributed by atoms with Crippen LogP contribution in [0.15, 0.2) is 53.3 Å². The first kappa shape index (κ1) is 24.4. The molecule has 7 nitrogen and oxygen atoms in total. The second-order valence-electron chi connectivity index (χ2n) is 8.89. The summed E-state index contributed by atoms with van der Waals surface area (Å²) >= 11 is 0. The highest BCUT2D eigenvalue weighted by molar-refractivity contribution is 5.80. The van der Waals surface area contributed by atoms with Crippen molar-refractivity contribution in [1.82, 2.24) is 29.8 Å². The summed E-state index contributed by atoms with van der Waals surface area (Å²) in [5, 5.41) is 14.2. The molecular formula is C25H27F3N6O. The molecule has 0 fully saturated rings. The molecule has 4 aromatic rings. The molecule has 0 radical (unpaired) electrons. The Hall–Kier alpha value is -3.69. The third-order valence-corrected chi connectivity index (χ3v) is 5.75. The van der Waals surface area contributed by atoms with Gasteiger partial charge in [-0.1, -0.05) is 75.7 Å². The number of nitrogens with zero attached hydrogens (tertiary/aromatic N) is 5. The van der Waals surface area contributed by atoms with Crippen molar-refractivity contribution >= 4 is 0 Å². The number of halogens is 3. The van der Waals surface area contributed by atoms with E-state index in [1.165, 1.54) is 4.57 Å². The molecule has 0 saturated heterocycles. The third kappa shape index (κ3) is 5.06. The maximum Gasteiger partial charge on any atom is 0.433 e. The van der Waals surface area contributed by atoms with Gasteiger partial charge in [0.25, 0.3) is 0 Å². The highest BCUT2D eigenvalue weighted by atomic mass is 19.4. The normalized spacial score (nSPS) is 12.0. The van der Waals surface area contributed by atoms with Gasteiger partial charge in [-0.3, -0.25) is 9.13 Å². The van der Waals surface area contributed by atoms with Gasteiger partial charge in [0, 0.05) is 12.1 Å². The van der Waals surface area contributed by atoms with Crippen molar-refractivity contribution in [2.24, 2.45) is 5.92 Å². The van der Waals surface area contributed by atoms with E-state index in [0.29, 0.717) is 12.2 Å². The molecule has 0 atom stereocenters. The molecule has 35 heavy (non-hydrogen) atoms. The van der Waals surface area contributed by atoms with Crippen molar-refractivity contribution in [3.05, 3.63) is 76.0 Å². The van der Waals surface area contributed by atoms with Crippen LogP contribution in [0, 0.1) is 5.92 Å². The predicted molar refractivity (Wildman–Crippen MR) is 127 cm³/mol. The topological polar surface area (TPSA) is 81.4 Å². The molecule has 2 aromatic carbocycles. The molecule has 0 aliphatic rings. The second kappa shape index (κ2) is 9.89. The highest BCUT2D eigenvalue weighted by Crippen LogP contribution is 2.33. The van der Waals surface area contributed by atoms with Crippen LogP contribution >= 0.6 is 0 Å². The number of benzene rings is 2. The Morgan fingerprint density at radius 3 is 2.26 bits per heavy atom. The molecule has 1 N–H and O–H groups in total. The second-order valence-corrected chi connectivity index (χ2v) is 8.89. The molecule has 0 bridgehead atoms. The Morgan fingerprint density at radius 2 is 1.69 bits per heavy atom. The lowest BCUT2D eigenvalue weighted by Gasteiger charge is -2.14.